The molecule has 0 unspecified atom stereocenters. The maximum Gasteiger partial charge on any atom is 0.226 e. The molecule has 1 aliphatic carbocycles. The summed E-state index contributed by atoms with van der Waals surface area (Å²) in [6.45, 7) is 0.753. The lowest BCUT2D eigenvalue weighted by Crippen LogP contribution is -2.25. The highest BCUT2D eigenvalue weighted by Gasteiger charge is 2.28. The molecule has 26 heavy (non-hydrogen) atoms. The first-order chi connectivity index (χ1) is 12.7. The van der Waals surface area contributed by atoms with Crippen molar-refractivity contribution in [3.63, 3.8) is 0 Å². The van der Waals surface area contributed by atoms with Crippen LogP contribution < -0.4 is 10.6 Å². The lowest BCUT2D eigenvalue weighted by molar-refractivity contribution is -0.122. The van der Waals surface area contributed by atoms with Gasteiger partial charge in [-0.15, -0.1) is 11.3 Å². The molecular weight excluding hydrogens is 346 g/mol. The van der Waals surface area contributed by atoms with E-state index in [4.69, 9.17) is 0 Å². The Morgan fingerprint density at radius 2 is 1.85 bits per heavy atom. The molecule has 3 rings (SSSR count). The number of nitrogens with zero attached hydrogens (tertiary/aromatic N) is 1. The molecule has 2 N–H and O–H groups in total. The maximum absolute atomic E-state index is 12.0. The Kier molecular flexibility index (Phi) is 6.77. The maximum atomic E-state index is 12.0. The van der Waals surface area contributed by atoms with Crippen LogP contribution in [0.1, 0.15) is 44.9 Å². The van der Waals surface area contributed by atoms with Gasteiger partial charge in [0.15, 0.2) is 5.13 Å². The molecule has 1 saturated carbocycles. The second kappa shape index (κ2) is 9.48. The minimum atomic E-state index is 0.0148. The average Bonchev–Trinajstić information content (AvgIpc) is 3.41. The van der Waals surface area contributed by atoms with E-state index in [1.807, 2.05) is 35.7 Å². The van der Waals surface area contributed by atoms with Gasteiger partial charge in [-0.3, -0.25) is 9.59 Å². The SMILES string of the molecule is O=C(CCCCCCNC(=O)C1CC1)Nc1nc(-c2ccccc2)cs1. The highest BCUT2D eigenvalue weighted by Crippen LogP contribution is 2.28. The molecule has 0 bridgehead atoms. The molecule has 2 aromatic rings. The first kappa shape index (κ1) is 18.6. The Bertz CT molecular complexity index is 726. The summed E-state index contributed by atoms with van der Waals surface area (Å²) in [4.78, 5) is 28.0. The van der Waals surface area contributed by atoms with Crippen molar-refractivity contribution >= 4 is 28.3 Å². The van der Waals surface area contributed by atoms with E-state index in [0.29, 0.717) is 11.6 Å². The molecule has 1 aromatic heterocycles. The van der Waals surface area contributed by atoms with Gasteiger partial charge in [0, 0.05) is 29.8 Å². The first-order valence-corrected chi connectivity index (χ1v) is 10.2. The van der Waals surface area contributed by atoms with Gasteiger partial charge in [-0.1, -0.05) is 43.2 Å². The third kappa shape index (κ3) is 5.95. The normalized spacial score (nSPS) is 13.4. The summed E-state index contributed by atoms with van der Waals surface area (Å²) < 4.78 is 0. The Balaban J connectivity index is 1.27. The number of unbranched alkanes of at least 4 members (excludes halogenated alkanes) is 3. The summed E-state index contributed by atoms with van der Waals surface area (Å²) in [6.07, 6.45) is 6.48. The zero-order chi connectivity index (χ0) is 18.2. The van der Waals surface area contributed by atoms with Crippen molar-refractivity contribution in [2.45, 2.75) is 44.9 Å². The van der Waals surface area contributed by atoms with E-state index in [0.717, 1.165) is 56.3 Å². The predicted octanol–water partition coefficient (Wildman–Crippen LogP) is 4.23. The molecule has 1 aromatic carbocycles. The van der Waals surface area contributed by atoms with Gasteiger partial charge in [0.2, 0.25) is 11.8 Å². The molecule has 0 saturated heterocycles. The smallest absolute Gasteiger partial charge is 0.226 e. The highest BCUT2D eigenvalue weighted by molar-refractivity contribution is 7.14. The van der Waals surface area contributed by atoms with Crippen LogP contribution in [0.15, 0.2) is 35.7 Å². The summed E-state index contributed by atoms with van der Waals surface area (Å²) in [7, 11) is 0. The van der Waals surface area contributed by atoms with Crippen molar-refractivity contribution in [2.24, 2.45) is 5.92 Å². The van der Waals surface area contributed by atoms with E-state index in [2.05, 4.69) is 15.6 Å². The van der Waals surface area contributed by atoms with Crippen LogP contribution in [0.3, 0.4) is 0 Å². The van der Waals surface area contributed by atoms with Crippen molar-refractivity contribution in [1.82, 2.24) is 10.3 Å². The van der Waals surface area contributed by atoms with Crippen LogP contribution in [0.2, 0.25) is 0 Å². The molecule has 138 valence electrons. The van der Waals surface area contributed by atoms with Crippen molar-refractivity contribution in [3.05, 3.63) is 35.7 Å². The predicted molar refractivity (Wildman–Crippen MR) is 105 cm³/mol. The Labute approximate surface area is 158 Å². The fraction of sp³-hybridized carbons (Fsp3) is 0.450. The summed E-state index contributed by atoms with van der Waals surface area (Å²) in [5, 5.41) is 8.46. The van der Waals surface area contributed by atoms with Gasteiger partial charge in [0.25, 0.3) is 0 Å². The minimum Gasteiger partial charge on any atom is -0.356 e. The largest absolute Gasteiger partial charge is 0.356 e. The molecule has 1 aliphatic rings. The minimum absolute atomic E-state index is 0.0148. The summed E-state index contributed by atoms with van der Waals surface area (Å²) in [5.74, 6) is 0.510. The fourth-order valence-electron chi connectivity index (χ4n) is 2.72. The molecule has 0 atom stereocenters. The van der Waals surface area contributed by atoms with Crippen molar-refractivity contribution in [3.8, 4) is 11.3 Å². The quantitative estimate of drug-likeness (QED) is 0.614. The third-order valence-corrected chi connectivity index (χ3v) is 5.16. The molecule has 5 nitrogen and oxygen atoms in total. The van der Waals surface area contributed by atoms with Crippen LogP contribution in [-0.2, 0) is 9.59 Å². The second-order valence-corrected chi connectivity index (χ2v) is 7.54. The molecule has 0 radical (unpaired) electrons. The van der Waals surface area contributed by atoms with Crippen molar-refractivity contribution < 1.29 is 9.59 Å². The Morgan fingerprint density at radius 1 is 1.08 bits per heavy atom. The van der Waals surface area contributed by atoms with Crippen molar-refractivity contribution in [1.29, 1.82) is 0 Å². The van der Waals surface area contributed by atoms with Crippen LogP contribution in [0.4, 0.5) is 5.13 Å². The zero-order valence-corrected chi connectivity index (χ0v) is 15.7. The van der Waals surface area contributed by atoms with Gasteiger partial charge in [-0.2, -0.15) is 0 Å². The van der Waals surface area contributed by atoms with Crippen LogP contribution in [-0.4, -0.2) is 23.3 Å². The molecule has 1 fully saturated rings. The monoisotopic (exact) mass is 371 g/mol. The number of nitrogens with one attached hydrogen (secondary N) is 2. The van der Waals surface area contributed by atoms with E-state index in [-0.39, 0.29) is 17.7 Å². The number of carbonyl (C=O) groups excluding carboxylic acids is 2. The average molecular weight is 372 g/mol. The van der Waals surface area contributed by atoms with Crippen LogP contribution in [0, 0.1) is 5.92 Å². The van der Waals surface area contributed by atoms with E-state index in [1.54, 1.807) is 0 Å². The number of carbonyl (C=O) groups is 2. The van der Waals surface area contributed by atoms with Crippen LogP contribution in [0.25, 0.3) is 11.3 Å². The summed E-state index contributed by atoms with van der Waals surface area (Å²) in [5.41, 5.74) is 1.94. The number of hydrogen-bond acceptors (Lipinski definition) is 4. The number of aromatic nitrogens is 1. The standard InChI is InChI=1S/C20H25N3O2S/c24-18(10-6-1-2-7-13-21-19(25)16-11-12-16)23-20-22-17(14-26-20)15-8-4-3-5-9-15/h3-5,8-9,14,16H,1-2,6-7,10-13H2,(H,21,25)(H,22,23,24). The number of amides is 2. The second-order valence-electron chi connectivity index (χ2n) is 6.68. The van der Waals surface area contributed by atoms with E-state index < -0.39 is 0 Å². The van der Waals surface area contributed by atoms with Gasteiger partial charge in [-0.25, -0.2) is 4.98 Å². The number of rotatable bonds is 10. The van der Waals surface area contributed by atoms with E-state index >= 15 is 0 Å². The van der Waals surface area contributed by atoms with Crippen LogP contribution >= 0.6 is 11.3 Å². The van der Waals surface area contributed by atoms with Gasteiger partial charge in [0.1, 0.15) is 0 Å². The Morgan fingerprint density at radius 3 is 2.62 bits per heavy atom. The van der Waals surface area contributed by atoms with Gasteiger partial charge < -0.3 is 10.6 Å². The van der Waals surface area contributed by atoms with Gasteiger partial charge in [-0.05, 0) is 25.7 Å². The number of thiazole rings is 1. The number of benzene rings is 1. The molecule has 2 amide bonds. The van der Waals surface area contributed by atoms with E-state index in [9.17, 15) is 9.59 Å². The fourth-order valence-corrected chi connectivity index (χ4v) is 3.46. The molecule has 1 heterocycles. The van der Waals surface area contributed by atoms with Gasteiger partial charge in [0.05, 0.1) is 5.69 Å². The van der Waals surface area contributed by atoms with Crippen LogP contribution in [0.5, 0.6) is 0 Å². The van der Waals surface area contributed by atoms with Gasteiger partial charge >= 0.3 is 0 Å². The number of hydrogen-bond donors (Lipinski definition) is 2. The summed E-state index contributed by atoms with van der Waals surface area (Å²) >= 11 is 1.45. The topological polar surface area (TPSA) is 71.1 Å². The summed E-state index contributed by atoms with van der Waals surface area (Å²) in [6, 6.07) is 9.94. The molecule has 6 heteroatoms. The zero-order valence-electron chi connectivity index (χ0n) is 14.9. The van der Waals surface area contributed by atoms with E-state index in [1.165, 1.54) is 11.3 Å². The lowest BCUT2D eigenvalue weighted by Gasteiger charge is -2.04. The highest BCUT2D eigenvalue weighted by atomic mass is 32.1. The van der Waals surface area contributed by atoms with Crippen molar-refractivity contribution in [2.75, 3.05) is 11.9 Å². The lowest BCUT2D eigenvalue weighted by atomic mass is 10.1. The first-order valence-electron chi connectivity index (χ1n) is 9.31. The molecule has 0 aliphatic heterocycles. The Hall–Kier alpha value is -2.21. The number of anilines is 1. The molecule has 0 spiro atoms. The molecular formula is C20H25N3O2S. The third-order valence-electron chi connectivity index (χ3n) is 4.40.